The van der Waals surface area contributed by atoms with E-state index in [9.17, 15) is 10.1 Å². The molecule has 18 heavy (non-hydrogen) atoms. The number of nitro groups is 1. The summed E-state index contributed by atoms with van der Waals surface area (Å²) in [5, 5.41) is 10.5. The first-order chi connectivity index (χ1) is 8.56. The highest BCUT2D eigenvalue weighted by Crippen LogP contribution is 2.20. The maximum atomic E-state index is 10.5. The third-order valence-electron chi connectivity index (χ3n) is 2.49. The molecular formula is C13H12N2O3. The molecule has 2 aromatic rings. The summed E-state index contributed by atoms with van der Waals surface area (Å²) in [6.07, 6.45) is 1.48. The van der Waals surface area contributed by atoms with E-state index in [1.807, 2.05) is 32.0 Å². The molecule has 1 aromatic heterocycles. The Labute approximate surface area is 104 Å². The first-order valence-corrected chi connectivity index (χ1v) is 5.42. The van der Waals surface area contributed by atoms with Crippen molar-refractivity contribution in [2.24, 2.45) is 4.99 Å². The van der Waals surface area contributed by atoms with Crippen LogP contribution in [-0.4, -0.2) is 11.1 Å². The Balaban J connectivity index is 2.24. The fraction of sp³-hybridized carbons (Fsp3) is 0.154. The summed E-state index contributed by atoms with van der Waals surface area (Å²) in [6.45, 7) is 3.94. The van der Waals surface area contributed by atoms with Crippen molar-refractivity contribution in [3.05, 3.63) is 57.3 Å². The van der Waals surface area contributed by atoms with E-state index in [-0.39, 0.29) is 5.88 Å². The highest BCUT2D eigenvalue weighted by Gasteiger charge is 2.10. The van der Waals surface area contributed by atoms with Crippen molar-refractivity contribution in [2.75, 3.05) is 0 Å². The number of aryl methyl sites for hydroxylation is 2. The zero-order valence-electron chi connectivity index (χ0n) is 10.1. The molecule has 0 spiro atoms. The Morgan fingerprint density at radius 1 is 1.28 bits per heavy atom. The van der Waals surface area contributed by atoms with E-state index in [1.165, 1.54) is 18.3 Å². The van der Waals surface area contributed by atoms with Gasteiger partial charge in [-0.05, 0) is 37.1 Å². The van der Waals surface area contributed by atoms with Crippen molar-refractivity contribution in [1.82, 2.24) is 0 Å². The van der Waals surface area contributed by atoms with Crippen molar-refractivity contribution in [2.45, 2.75) is 13.8 Å². The van der Waals surface area contributed by atoms with Gasteiger partial charge in [-0.25, -0.2) is 0 Å². The lowest BCUT2D eigenvalue weighted by atomic mass is 10.1. The summed E-state index contributed by atoms with van der Waals surface area (Å²) < 4.78 is 4.99. The lowest BCUT2D eigenvalue weighted by Gasteiger charge is -2.00. The Kier molecular flexibility index (Phi) is 3.23. The van der Waals surface area contributed by atoms with Gasteiger partial charge in [0.15, 0.2) is 5.76 Å². The molecule has 1 heterocycles. The molecule has 5 nitrogen and oxygen atoms in total. The summed E-state index contributed by atoms with van der Waals surface area (Å²) in [7, 11) is 0. The predicted octanol–water partition coefficient (Wildman–Crippen LogP) is 3.56. The van der Waals surface area contributed by atoms with Crippen LogP contribution in [0.15, 0.2) is 39.7 Å². The Morgan fingerprint density at radius 3 is 2.72 bits per heavy atom. The molecule has 0 fully saturated rings. The van der Waals surface area contributed by atoms with Crippen LogP contribution in [0.4, 0.5) is 11.6 Å². The van der Waals surface area contributed by atoms with Gasteiger partial charge in [0.25, 0.3) is 0 Å². The molecule has 0 aliphatic rings. The third-order valence-corrected chi connectivity index (χ3v) is 2.49. The lowest BCUT2D eigenvalue weighted by molar-refractivity contribution is -0.402. The molecule has 0 unspecified atom stereocenters. The average Bonchev–Trinajstić information content (AvgIpc) is 2.79. The van der Waals surface area contributed by atoms with Crippen molar-refractivity contribution < 1.29 is 9.34 Å². The second kappa shape index (κ2) is 4.83. The SMILES string of the molecule is Cc1ccc(C)c(N=Cc2ccc([N+](=O)[O-])o2)c1. The number of rotatable bonds is 3. The van der Waals surface area contributed by atoms with Gasteiger partial charge in [-0.1, -0.05) is 12.1 Å². The van der Waals surface area contributed by atoms with Gasteiger partial charge in [-0.3, -0.25) is 15.1 Å². The van der Waals surface area contributed by atoms with Crippen molar-refractivity contribution in [1.29, 1.82) is 0 Å². The van der Waals surface area contributed by atoms with Gasteiger partial charge in [-0.15, -0.1) is 0 Å². The molecule has 0 saturated heterocycles. The molecule has 0 bridgehead atoms. The number of aliphatic imine (C=N–C) groups is 1. The van der Waals surface area contributed by atoms with Crippen molar-refractivity contribution >= 4 is 17.8 Å². The van der Waals surface area contributed by atoms with Crippen LogP contribution in [0.1, 0.15) is 16.9 Å². The highest BCUT2D eigenvalue weighted by molar-refractivity contribution is 5.79. The number of benzene rings is 1. The van der Waals surface area contributed by atoms with Gasteiger partial charge in [0.1, 0.15) is 4.92 Å². The van der Waals surface area contributed by atoms with E-state index in [4.69, 9.17) is 4.42 Å². The smallest absolute Gasteiger partial charge is 0.400 e. The second-order valence-corrected chi connectivity index (χ2v) is 3.98. The van der Waals surface area contributed by atoms with Gasteiger partial charge in [-0.2, -0.15) is 0 Å². The van der Waals surface area contributed by atoms with E-state index in [2.05, 4.69) is 4.99 Å². The Hall–Kier alpha value is -2.43. The van der Waals surface area contributed by atoms with Crippen LogP contribution in [0, 0.1) is 24.0 Å². The maximum Gasteiger partial charge on any atom is 0.433 e. The molecule has 0 radical (unpaired) electrons. The predicted molar refractivity (Wildman–Crippen MR) is 68.5 cm³/mol. The fourth-order valence-electron chi connectivity index (χ4n) is 1.50. The molecule has 0 aliphatic carbocycles. The number of hydrogen-bond acceptors (Lipinski definition) is 4. The lowest BCUT2D eigenvalue weighted by Crippen LogP contribution is -1.83. The number of furan rings is 1. The normalized spacial score (nSPS) is 11.0. The minimum atomic E-state index is -0.574. The average molecular weight is 244 g/mol. The summed E-state index contributed by atoms with van der Waals surface area (Å²) in [5.74, 6) is 0.0834. The summed E-state index contributed by atoms with van der Waals surface area (Å²) in [5.41, 5.74) is 2.98. The van der Waals surface area contributed by atoms with E-state index in [0.29, 0.717) is 5.76 Å². The fourth-order valence-corrected chi connectivity index (χ4v) is 1.50. The third kappa shape index (κ3) is 2.63. The van der Waals surface area contributed by atoms with Gasteiger partial charge >= 0.3 is 5.88 Å². The summed E-state index contributed by atoms with van der Waals surface area (Å²) in [4.78, 5) is 14.1. The summed E-state index contributed by atoms with van der Waals surface area (Å²) in [6, 6.07) is 8.76. The molecular weight excluding hydrogens is 232 g/mol. The Morgan fingerprint density at radius 2 is 2.06 bits per heavy atom. The summed E-state index contributed by atoms with van der Waals surface area (Å²) >= 11 is 0. The topological polar surface area (TPSA) is 68.6 Å². The molecule has 0 aliphatic heterocycles. The molecule has 1 aromatic carbocycles. The van der Waals surface area contributed by atoms with Crippen LogP contribution >= 0.6 is 0 Å². The standard InChI is InChI=1S/C13H12N2O3/c1-9-3-4-10(2)12(7-9)14-8-11-5-6-13(18-11)15(16)17/h3-8H,1-2H3. The minimum absolute atomic E-state index is 0.280. The van der Waals surface area contributed by atoms with Gasteiger partial charge in [0, 0.05) is 0 Å². The van der Waals surface area contributed by atoms with E-state index >= 15 is 0 Å². The van der Waals surface area contributed by atoms with Crippen molar-refractivity contribution in [3.63, 3.8) is 0 Å². The monoisotopic (exact) mass is 244 g/mol. The van der Waals surface area contributed by atoms with Crippen LogP contribution in [-0.2, 0) is 0 Å². The molecule has 0 saturated carbocycles. The first kappa shape index (κ1) is 12.0. The van der Waals surface area contributed by atoms with Crippen molar-refractivity contribution in [3.8, 4) is 0 Å². The van der Waals surface area contributed by atoms with Crippen LogP contribution in [0.25, 0.3) is 0 Å². The molecule has 2 rings (SSSR count). The Bertz CT molecular complexity index is 614. The number of nitrogens with zero attached hydrogens (tertiary/aromatic N) is 2. The van der Waals surface area contributed by atoms with E-state index in [1.54, 1.807) is 0 Å². The largest absolute Gasteiger partial charge is 0.433 e. The van der Waals surface area contributed by atoms with E-state index < -0.39 is 4.92 Å². The first-order valence-electron chi connectivity index (χ1n) is 5.42. The second-order valence-electron chi connectivity index (χ2n) is 3.98. The van der Waals surface area contributed by atoms with Gasteiger partial charge in [0.05, 0.1) is 18.0 Å². The molecule has 0 atom stereocenters. The highest BCUT2D eigenvalue weighted by atomic mass is 16.6. The van der Waals surface area contributed by atoms with Crippen LogP contribution < -0.4 is 0 Å². The zero-order valence-corrected chi connectivity index (χ0v) is 10.1. The zero-order chi connectivity index (χ0) is 13.1. The molecule has 92 valence electrons. The number of hydrogen-bond donors (Lipinski definition) is 0. The van der Waals surface area contributed by atoms with Crippen LogP contribution in [0.5, 0.6) is 0 Å². The minimum Gasteiger partial charge on any atom is -0.400 e. The molecule has 5 heteroatoms. The molecule has 0 N–H and O–H groups in total. The van der Waals surface area contributed by atoms with E-state index in [0.717, 1.165) is 16.8 Å². The maximum absolute atomic E-state index is 10.5. The quantitative estimate of drug-likeness (QED) is 0.471. The molecule has 0 amide bonds. The van der Waals surface area contributed by atoms with Crippen LogP contribution in [0.3, 0.4) is 0 Å². The van der Waals surface area contributed by atoms with Gasteiger partial charge in [0.2, 0.25) is 0 Å². The van der Waals surface area contributed by atoms with Gasteiger partial charge < -0.3 is 4.42 Å². The van der Waals surface area contributed by atoms with Crippen LogP contribution in [0.2, 0.25) is 0 Å².